The molecule has 0 spiro atoms. The highest BCUT2D eigenvalue weighted by Crippen LogP contribution is 2.29. The molecule has 0 aliphatic heterocycles. The summed E-state index contributed by atoms with van der Waals surface area (Å²) >= 11 is 7.15. The lowest BCUT2D eigenvalue weighted by Crippen LogP contribution is -2.22. The third-order valence-corrected chi connectivity index (χ3v) is 4.31. The van der Waals surface area contributed by atoms with Crippen LogP contribution in [0.3, 0.4) is 0 Å². The maximum absolute atomic E-state index is 12.2. The molecule has 1 heterocycles. The van der Waals surface area contributed by atoms with Gasteiger partial charge in [-0.25, -0.2) is 4.98 Å². The third-order valence-electron chi connectivity index (χ3n) is 2.84. The molecule has 1 atom stereocenters. The standard InChI is InChI=1S/C14H14ClF2N3O2S/c1-8(23-14-18-5-6-20(14)2)12(21)19-9-3-4-11(10(15)7-9)22-13(16)17/h3-8,13H,1-2H3,(H,19,21)/t8-/m1/s1. The van der Waals surface area contributed by atoms with E-state index in [0.717, 1.165) is 0 Å². The fraction of sp³-hybridized carbons (Fsp3) is 0.286. The highest BCUT2D eigenvalue weighted by Gasteiger charge is 2.17. The molecule has 0 unspecified atom stereocenters. The minimum atomic E-state index is -2.96. The number of nitrogens with zero attached hydrogens (tertiary/aromatic N) is 2. The summed E-state index contributed by atoms with van der Waals surface area (Å²) in [5.41, 5.74) is 0.397. The average Bonchev–Trinajstić information content (AvgIpc) is 2.87. The zero-order chi connectivity index (χ0) is 17.0. The van der Waals surface area contributed by atoms with E-state index in [-0.39, 0.29) is 16.7 Å². The van der Waals surface area contributed by atoms with Crippen molar-refractivity contribution in [1.82, 2.24) is 9.55 Å². The molecule has 124 valence electrons. The van der Waals surface area contributed by atoms with Crippen molar-refractivity contribution in [2.24, 2.45) is 7.05 Å². The molecule has 0 saturated heterocycles. The molecule has 1 aromatic heterocycles. The molecule has 2 aromatic rings. The number of nitrogens with one attached hydrogen (secondary N) is 1. The Morgan fingerprint density at radius 1 is 1.48 bits per heavy atom. The molecule has 0 bridgehead atoms. The lowest BCUT2D eigenvalue weighted by atomic mass is 10.3. The van der Waals surface area contributed by atoms with Crippen LogP contribution >= 0.6 is 23.4 Å². The number of hydrogen-bond donors (Lipinski definition) is 1. The summed E-state index contributed by atoms with van der Waals surface area (Å²) in [6, 6.07) is 4.08. The Hall–Kier alpha value is -1.80. The zero-order valence-electron chi connectivity index (χ0n) is 12.3. The molecular formula is C14H14ClF2N3O2S. The summed E-state index contributed by atoms with van der Waals surface area (Å²) in [5.74, 6) is -0.397. The van der Waals surface area contributed by atoms with Gasteiger partial charge < -0.3 is 14.6 Å². The summed E-state index contributed by atoms with van der Waals surface area (Å²) in [6.07, 6.45) is 3.43. The van der Waals surface area contributed by atoms with Crippen LogP contribution in [0.1, 0.15) is 6.92 Å². The highest BCUT2D eigenvalue weighted by molar-refractivity contribution is 8.00. The first-order chi connectivity index (χ1) is 10.9. The van der Waals surface area contributed by atoms with Gasteiger partial charge in [-0.3, -0.25) is 4.79 Å². The number of anilines is 1. The van der Waals surface area contributed by atoms with Crippen molar-refractivity contribution < 1.29 is 18.3 Å². The predicted octanol–water partition coefficient (Wildman–Crippen LogP) is 3.79. The van der Waals surface area contributed by atoms with E-state index in [4.69, 9.17) is 11.6 Å². The molecule has 0 aliphatic carbocycles. The SMILES string of the molecule is C[C@@H](Sc1nccn1C)C(=O)Nc1ccc(OC(F)F)c(Cl)c1. The monoisotopic (exact) mass is 361 g/mol. The summed E-state index contributed by atoms with van der Waals surface area (Å²) in [7, 11) is 1.83. The summed E-state index contributed by atoms with van der Waals surface area (Å²) in [4.78, 5) is 16.3. The number of ether oxygens (including phenoxy) is 1. The molecule has 0 fully saturated rings. The number of aryl methyl sites for hydroxylation is 1. The van der Waals surface area contributed by atoms with Crippen LogP contribution in [0.15, 0.2) is 35.7 Å². The fourth-order valence-corrected chi connectivity index (χ4v) is 2.75. The van der Waals surface area contributed by atoms with Gasteiger partial charge in [0.25, 0.3) is 0 Å². The number of amides is 1. The number of alkyl halides is 2. The number of aromatic nitrogens is 2. The van der Waals surface area contributed by atoms with E-state index in [0.29, 0.717) is 10.8 Å². The van der Waals surface area contributed by atoms with E-state index in [1.165, 1.54) is 30.0 Å². The number of carbonyl (C=O) groups excluding carboxylic acids is 1. The second-order valence-electron chi connectivity index (χ2n) is 4.59. The number of imidazole rings is 1. The van der Waals surface area contributed by atoms with Gasteiger partial charge in [-0.1, -0.05) is 23.4 Å². The van der Waals surface area contributed by atoms with Crippen molar-refractivity contribution in [3.05, 3.63) is 35.6 Å². The highest BCUT2D eigenvalue weighted by atomic mass is 35.5. The van der Waals surface area contributed by atoms with Crippen LogP contribution in [-0.4, -0.2) is 27.3 Å². The Morgan fingerprint density at radius 3 is 2.78 bits per heavy atom. The molecule has 0 saturated carbocycles. The van der Waals surface area contributed by atoms with Gasteiger partial charge in [0.15, 0.2) is 5.16 Å². The van der Waals surface area contributed by atoms with Gasteiger partial charge in [0.2, 0.25) is 5.91 Å². The number of carbonyl (C=O) groups is 1. The average molecular weight is 362 g/mol. The van der Waals surface area contributed by atoms with Gasteiger partial charge in [0.05, 0.1) is 10.3 Å². The van der Waals surface area contributed by atoms with Crippen molar-refractivity contribution in [3.63, 3.8) is 0 Å². The predicted molar refractivity (Wildman–Crippen MR) is 85.2 cm³/mol. The second kappa shape index (κ2) is 7.65. The number of rotatable bonds is 6. The number of hydrogen-bond acceptors (Lipinski definition) is 4. The van der Waals surface area contributed by atoms with E-state index >= 15 is 0 Å². The molecular weight excluding hydrogens is 348 g/mol. The van der Waals surface area contributed by atoms with Crippen LogP contribution in [0.2, 0.25) is 5.02 Å². The van der Waals surface area contributed by atoms with Crippen molar-refractivity contribution in [2.45, 2.75) is 23.9 Å². The van der Waals surface area contributed by atoms with Crippen LogP contribution < -0.4 is 10.1 Å². The van der Waals surface area contributed by atoms with Gasteiger partial charge in [-0.15, -0.1) is 0 Å². The van der Waals surface area contributed by atoms with Crippen molar-refractivity contribution in [3.8, 4) is 5.75 Å². The quantitative estimate of drug-likeness (QED) is 0.795. The van der Waals surface area contributed by atoms with Gasteiger partial charge in [0.1, 0.15) is 5.75 Å². The maximum atomic E-state index is 12.2. The van der Waals surface area contributed by atoms with E-state index in [9.17, 15) is 13.6 Å². The maximum Gasteiger partial charge on any atom is 0.387 e. The minimum absolute atomic E-state index is 0.00694. The Morgan fingerprint density at radius 2 is 2.22 bits per heavy atom. The minimum Gasteiger partial charge on any atom is -0.433 e. The Kier molecular flexibility index (Phi) is 5.84. The first-order valence-corrected chi connectivity index (χ1v) is 7.82. The van der Waals surface area contributed by atoms with E-state index in [1.54, 1.807) is 19.3 Å². The Bertz CT molecular complexity index is 696. The molecule has 0 radical (unpaired) electrons. The third kappa shape index (κ3) is 4.84. The molecule has 1 aromatic carbocycles. The van der Waals surface area contributed by atoms with Crippen molar-refractivity contribution in [1.29, 1.82) is 0 Å². The zero-order valence-corrected chi connectivity index (χ0v) is 13.9. The fourth-order valence-electron chi connectivity index (χ4n) is 1.69. The molecule has 0 aliphatic rings. The first kappa shape index (κ1) is 17.6. The van der Waals surface area contributed by atoms with E-state index in [1.807, 2.05) is 11.6 Å². The Balaban J connectivity index is 1.99. The molecule has 1 amide bonds. The largest absolute Gasteiger partial charge is 0.433 e. The molecule has 23 heavy (non-hydrogen) atoms. The Labute approximate surface area is 141 Å². The number of halogens is 3. The van der Waals surface area contributed by atoms with Gasteiger partial charge in [0, 0.05) is 25.1 Å². The lowest BCUT2D eigenvalue weighted by molar-refractivity contribution is -0.115. The second-order valence-corrected chi connectivity index (χ2v) is 6.31. The van der Waals surface area contributed by atoms with E-state index < -0.39 is 11.9 Å². The molecule has 1 N–H and O–H groups in total. The molecule has 5 nitrogen and oxygen atoms in total. The van der Waals surface area contributed by atoms with Crippen LogP contribution in [0.5, 0.6) is 5.75 Å². The number of thioether (sulfide) groups is 1. The normalized spacial score (nSPS) is 12.3. The lowest BCUT2D eigenvalue weighted by Gasteiger charge is -2.13. The van der Waals surface area contributed by atoms with Crippen LogP contribution in [-0.2, 0) is 11.8 Å². The van der Waals surface area contributed by atoms with Crippen molar-refractivity contribution in [2.75, 3.05) is 5.32 Å². The molecule has 2 rings (SSSR count). The number of benzene rings is 1. The smallest absolute Gasteiger partial charge is 0.387 e. The summed E-state index contributed by atoms with van der Waals surface area (Å²) < 4.78 is 30.4. The molecule has 9 heteroatoms. The van der Waals surface area contributed by atoms with Gasteiger partial charge in [-0.05, 0) is 25.1 Å². The topological polar surface area (TPSA) is 56.2 Å². The van der Waals surface area contributed by atoms with Gasteiger partial charge in [-0.2, -0.15) is 8.78 Å². The van der Waals surface area contributed by atoms with Crippen molar-refractivity contribution >= 4 is 35.0 Å². The summed E-state index contributed by atoms with van der Waals surface area (Å²) in [5, 5.41) is 2.98. The first-order valence-electron chi connectivity index (χ1n) is 6.56. The summed E-state index contributed by atoms with van der Waals surface area (Å²) in [6.45, 7) is -1.22. The van der Waals surface area contributed by atoms with Gasteiger partial charge >= 0.3 is 6.61 Å². The van der Waals surface area contributed by atoms with Crippen LogP contribution in [0.4, 0.5) is 14.5 Å². The van der Waals surface area contributed by atoms with E-state index in [2.05, 4.69) is 15.0 Å². The van der Waals surface area contributed by atoms with Crippen LogP contribution in [0.25, 0.3) is 0 Å². The van der Waals surface area contributed by atoms with Crippen LogP contribution in [0, 0.1) is 0 Å².